The van der Waals surface area contributed by atoms with Gasteiger partial charge in [0.1, 0.15) is 11.6 Å². The van der Waals surface area contributed by atoms with E-state index in [2.05, 4.69) is 5.32 Å². The molecule has 5 nitrogen and oxygen atoms in total. The molecule has 2 amide bonds. The van der Waals surface area contributed by atoms with Crippen molar-refractivity contribution in [2.24, 2.45) is 5.92 Å². The number of hydrogen-bond acceptors (Lipinski definition) is 3. The minimum Gasteiger partial charge on any atom is -0.444 e. The van der Waals surface area contributed by atoms with Crippen molar-refractivity contribution in [2.45, 2.75) is 46.3 Å². The summed E-state index contributed by atoms with van der Waals surface area (Å²) in [5.41, 5.74) is 3.26. The van der Waals surface area contributed by atoms with Crippen LogP contribution in [0.2, 0.25) is 0 Å². The Morgan fingerprint density at radius 1 is 1.00 bits per heavy atom. The predicted molar refractivity (Wildman–Crippen MR) is 107 cm³/mol. The van der Waals surface area contributed by atoms with Crippen LogP contribution in [0, 0.1) is 5.92 Å². The Balaban J connectivity index is 1.80. The molecule has 27 heavy (non-hydrogen) atoms. The molecule has 0 saturated heterocycles. The summed E-state index contributed by atoms with van der Waals surface area (Å²) in [5, 5.41) is 2.74. The fourth-order valence-electron chi connectivity index (χ4n) is 3.07. The number of rotatable bonds is 4. The highest BCUT2D eigenvalue weighted by atomic mass is 16.6. The summed E-state index contributed by atoms with van der Waals surface area (Å²) in [4.78, 5) is 27.0. The Morgan fingerprint density at radius 2 is 1.67 bits per heavy atom. The molecule has 5 heteroatoms. The van der Waals surface area contributed by atoms with Gasteiger partial charge in [-0.1, -0.05) is 56.3 Å². The first kappa shape index (κ1) is 19.0. The van der Waals surface area contributed by atoms with Gasteiger partial charge in [-0.05, 0) is 38.3 Å². The SMILES string of the molecule is CC(C)C(NC(=O)OC(C)(C)C)C(=O)N1c2cccc(-c3ccccc3)c21. The molecule has 2 aromatic carbocycles. The highest BCUT2D eigenvalue weighted by Crippen LogP contribution is 2.54. The van der Waals surface area contributed by atoms with E-state index in [9.17, 15) is 9.59 Å². The maximum absolute atomic E-state index is 13.1. The number of nitrogens with zero attached hydrogens (tertiary/aromatic N) is 1. The molecule has 1 heterocycles. The second kappa shape index (κ2) is 7.06. The zero-order valence-electron chi connectivity index (χ0n) is 16.4. The second-order valence-corrected chi connectivity index (χ2v) is 8.08. The molecule has 0 spiro atoms. The monoisotopic (exact) mass is 366 g/mol. The van der Waals surface area contributed by atoms with Crippen LogP contribution in [-0.2, 0) is 9.53 Å². The van der Waals surface area contributed by atoms with Crippen molar-refractivity contribution in [3.05, 3.63) is 48.5 Å². The van der Waals surface area contributed by atoms with Crippen LogP contribution in [0.4, 0.5) is 16.2 Å². The molecule has 2 aromatic rings. The Morgan fingerprint density at radius 3 is 2.26 bits per heavy atom. The normalized spacial score (nSPS) is 13.8. The van der Waals surface area contributed by atoms with Gasteiger partial charge < -0.3 is 10.1 Å². The van der Waals surface area contributed by atoms with Crippen molar-refractivity contribution >= 4 is 23.4 Å². The van der Waals surface area contributed by atoms with Crippen LogP contribution in [-0.4, -0.2) is 23.6 Å². The van der Waals surface area contributed by atoms with E-state index in [1.54, 1.807) is 25.7 Å². The lowest BCUT2D eigenvalue weighted by molar-refractivity contribution is -0.120. The molecular formula is C22H26N2O3. The zero-order chi connectivity index (χ0) is 19.8. The predicted octanol–water partition coefficient (Wildman–Crippen LogP) is 4.88. The standard InChI is InChI=1S/C22H26N2O3/c1-14(2)18(23-21(26)27-22(3,4)5)20(25)24-17-13-9-12-16(19(17)24)15-10-7-6-8-11-15/h6-14,18H,1-5H3,(H,23,26). The first-order valence-corrected chi connectivity index (χ1v) is 9.21. The van der Waals surface area contributed by atoms with Crippen molar-refractivity contribution in [1.82, 2.24) is 5.32 Å². The molecule has 0 radical (unpaired) electrons. The topological polar surface area (TPSA) is 58.4 Å². The summed E-state index contributed by atoms with van der Waals surface area (Å²) in [6.07, 6.45) is -0.580. The third-order valence-electron chi connectivity index (χ3n) is 4.34. The average Bonchev–Trinajstić information content (AvgIpc) is 3.32. The Bertz CT molecular complexity index is 854. The minimum atomic E-state index is -0.657. The van der Waals surface area contributed by atoms with Crippen molar-refractivity contribution < 1.29 is 14.3 Å². The van der Waals surface area contributed by atoms with Crippen molar-refractivity contribution in [3.8, 4) is 11.1 Å². The molecule has 1 aliphatic heterocycles. The molecule has 3 rings (SSSR count). The van der Waals surface area contributed by atoms with Crippen LogP contribution < -0.4 is 10.2 Å². The highest BCUT2D eigenvalue weighted by Gasteiger charge is 2.42. The first-order valence-electron chi connectivity index (χ1n) is 9.21. The van der Waals surface area contributed by atoms with E-state index in [0.29, 0.717) is 0 Å². The molecule has 0 aromatic heterocycles. The van der Waals surface area contributed by atoms with Crippen LogP contribution in [0.3, 0.4) is 0 Å². The maximum atomic E-state index is 13.1. The van der Waals surface area contributed by atoms with Crippen LogP contribution in [0.15, 0.2) is 48.5 Å². The van der Waals surface area contributed by atoms with Crippen LogP contribution in [0.25, 0.3) is 11.1 Å². The fraction of sp³-hybridized carbons (Fsp3) is 0.364. The summed E-state index contributed by atoms with van der Waals surface area (Å²) < 4.78 is 5.32. The summed E-state index contributed by atoms with van der Waals surface area (Å²) in [5.74, 6) is -0.212. The summed E-state index contributed by atoms with van der Waals surface area (Å²) in [6.45, 7) is 9.21. The molecular weight excluding hydrogens is 340 g/mol. The molecule has 0 bridgehead atoms. The van der Waals surface area contributed by atoms with Gasteiger partial charge in [-0.15, -0.1) is 0 Å². The highest BCUT2D eigenvalue weighted by molar-refractivity contribution is 6.22. The van der Waals surface area contributed by atoms with Crippen LogP contribution in [0.5, 0.6) is 0 Å². The van der Waals surface area contributed by atoms with E-state index in [1.807, 2.05) is 62.4 Å². The smallest absolute Gasteiger partial charge is 0.408 e. The van der Waals surface area contributed by atoms with Gasteiger partial charge in [0.25, 0.3) is 5.91 Å². The number of anilines is 2. The van der Waals surface area contributed by atoms with E-state index in [-0.39, 0.29) is 11.8 Å². The maximum Gasteiger partial charge on any atom is 0.408 e. The second-order valence-electron chi connectivity index (χ2n) is 8.08. The third kappa shape index (κ3) is 4.13. The number of fused-ring (bicyclic) bond motifs is 1. The number of carbonyl (C=O) groups excluding carboxylic acids is 2. The lowest BCUT2D eigenvalue weighted by atomic mass is 10.0. The summed E-state index contributed by atoms with van der Waals surface area (Å²) in [6, 6.07) is 15.2. The average molecular weight is 366 g/mol. The quantitative estimate of drug-likeness (QED) is 0.785. The number of carbonyl (C=O) groups is 2. The minimum absolute atomic E-state index is 0.0676. The molecule has 1 atom stereocenters. The van der Waals surface area contributed by atoms with Crippen molar-refractivity contribution in [3.63, 3.8) is 0 Å². The van der Waals surface area contributed by atoms with Gasteiger partial charge in [0, 0.05) is 5.56 Å². The number of alkyl carbamates (subject to hydrolysis) is 1. The van der Waals surface area contributed by atoms with E-state index in [4.69, 9.17) is 4.74 Å². The summed E-state index contributed by atoms with van der Waals surface area (Å²) in [7, 11) is 0. The lowest BCUT2D eigenvalue weighted by Gasteiger charge is -2.25. The summed E-state index contributed by atoms with van der Waals surface area (Å²) >= 11 is 0. The molecule has 1 N–H and O–H groups in total. The third-order valence-corrected chi connectivity index (χ3v) is 4.34. The van der Waals surface area contributed by atoms with Gasteiger partial charge in [-0.25, -0.2) is 4.79 Å². The molecule has 0 aliphatic carbocycles. The Labute approximate surface area is 160 Å². The number of nitrogens with one attached hydrogen (secondary N) is 1. The van der Waals surface area contributed by atoms with Crippen molar-refractivity contribution in [2.75, 3.05) is 4.90 Å². The number of para-hydroxylation sites is 1. The zero-order valence-corrected chi connectivity index (χ0v) is 16.4. The number of benzene rings is 2. The van der Waals surface area contributed by atoms with Gasteiger partial charge in [-0.2, -0.15) is 0 Å². The largest absolute Gasteiger partial charge is 0.444 e. The Hall–Kier alpha value is -2.82. The van der Waals surface area contributed by atoms with Crippen molar-refractivity contribution in [1.29, 1.82) is 0 Å². The van der Waals surface area contributed by atoms with Gasteiger partial charge in [0.05, 0.1) is 11.4 Å². The molecule has 0 fully saturated rings. The van der Waals surface area contributed by atoms with Crippen LogP contribution in [0.1, 0.15) is 34.6 Å². The van der Waals surface area contributed by atoms with E-state index < -0.39 is 17.7 Å². The van der Waals surface area contributed by atoms with Gasteiger partial charge in [0.15, 0.2) is 0 Å². The van der Waals surface area contributed by atoms with E-state index in [0.717, 1.165) is 22.5 Å². The first-order chi connectivity index (χ1) is 12.7. The molecule has 142 valence electrons. The van der Waals surface area contributed by atoms with E-state index >= 15 is 0 Å². The van der Waals surface area contributed by atoms with Gasteiger partial charge >= 0.3 is 6.09 Å². The molecule has 1 unspecified atom stereocenters. The number of ether oxygens (including phenoxy) is 1. The molecule has 0 saturated carbocycles. The lowest BCUT2D eigenvalue weighted by Crippen LogP contribution is -2.49. The van der Waals surface area contributed by atoms with E-state index in [1.165, 1.54) is 0 Å². The Kier molecular flexibility index (Phi) is 4.96. The van der Waals surface area contributed by atoms with Gasteiger partial charge in [0.2, 0.25) is 0 Å². The number of amides is 2. The van der Waals surface area contributed by atoms with Gasteiger partial charge in [-0.3, -0.25) is 9.69 Å². The fourth-order valence-corrected chi connectivity index (χ4v) is 3.07. The molecule has 1 aliphatic rings. The number of hydrogen-bond donors (Lipinski definition) is 1. The van der Waals surface area contributed by atoms with Crippen LogP contribution >= 0.6 is 0 Å².